The smallest absolute Gasteiger partial charge is 0.303 e. The summed E-state index contributed by atoms with van der Waals surface area (Å²) < 4.78 is 16.0. The van der Waals surface area contributed by atoms with Crippen LogP contribution in [0.1, 0.15) is 31.7 Å². The fourth-order valence-electron chi connectivity index (χ4n) is 2.19. The van der Waals surface area contributed by atoms with Crippen LogP contribution >= 0.6 is 0 Å². The Hall–Kier alpha value is -1.75. The maximum Gasteiger partial charge on any atom is 0.303 e. The molecule has 1 N–H and O–H groups in total. The average Bonchev–Trinajstić information content (AvgIpc) is 2.49. The maximum absolute atomic E-state index is 10.7. The van der Waals surface area contributed by atoms with Gasteiger partial charge in [-0.05, 0) is 36.5 Å². The summed E-state index contributed by atoms with van der Waals surface area (Å²) in [7, 11) is 3.28. The van der Waals surface area contributed by atoms with Crippen molar-refractivity contribution in [3.63, 3.8) is 0 Å². The number of hydrogen-bond acceptors (Lipinski definition) is 4. The average molecular weight is 310 g/mol. The van der Waals surface area contributed by atoms with Crippen LogP contribution in [0, 0.1) is 5.92 Å². The Bertz CT molecular complexity index is 458. The third-order valence-corrected chi connectivity index (χ3v) is 3.43. The fraction of sp³-hybridized carbons (Fsp3) is 0.588. The Balaban J connectivity index is 2.58. The number of rotatable bonds is 11. The highest BCUT2D eigenvalue weighted by Crippen LogP contribution is 2.29. The molecule has 0 amide bonds. The van der Waals surface area contributed by atoms with E-state index in [1.165, 1.54) is 0 Å². The molecular formula is C17H26O5. The molecule has 0 fully saturated rings. The van der Waals surface area contributed by atoms with Crippen molar-refractivity contribution in [3.05, 3.63) is 23.8 Å². The van der Waals surface area contributed by atoms with Gasteiger partial charge in [0.1, 0.15) is 0 Å². The van der Waals surface area contributed by atoms with E-state index in [1.807, 2.05) is 25.1 Å². The summed E-state index contributed by atoms with van der Waals surface area (Å²) in [6.07, 6.45) is 2.69. The van der Waals surface area contributed by atoms with Gasteiger partial charge in [0, 0.05) is 26.6 Å². The topological polar surface area (TPSA) is 65.0 Å². The molecule has 0 spiro atoms. The second kappa shape index (κ2) is 10.1. The van der Waals surface area contributed by atoms with E-state index in [4.69, 9.17) is 19.3 Å². The summed E-state index contributed by atoms with van der Waals surface area (Å²) in [5.74, 6) is 0.844. The fourth-order valence-corrected chi connectivity index (χ4v) is 2.19. The number of carbonyl (C=O) groups is 1. The Morgan fingerprint density at radius 2 is 2.00 bits per heavy atom. The summed E-state index contributed by atoms with van der Waals surface area (Å²) in [5, 5.41) is 8.79. The zero-order chi connectivity index (χ0) is 16.4. The van der Waals surface area contributed by atoms with Crippen molar-refractivity contribution in [1.29, 1.82) is 0 Å². The van der Waals surface area contributed by atoms with Crippen LogP contribution in [0.15, 0.2) is 18.2 Å². The van der Waals surface area contributed by atoms with E-state index >= 15 is 0 Å². The molecule has 0 saturated heterocycles. The van der Waals surface area contributed by atoms with Gasteiger partial charge in [-0.1, -0.05) is 13.0 Å². The number of ether oxygens (including phenoxy) is 3. The van der Waals surface area contributed by atoms with Crippen LogP contribution in [-0.2, 0) is 16.0 Å². The van der Waals surface area contributed by atoms with Gasteiger partial charge in [-0.3, -0.25) is 4.79 Å². The van der Waals surface area contributed by atoms with Crippen molar-refractivity contribution in [2.45, 2.75) is 32.6 Å². The largest absolute Gasteiger partial charge is 0.493 e. The monoisotopic (exact) mass is 310 g/mol. The highest BCUT2D eigenvalue weighted by atomic mass is 16.5. The first kappa shape index (κ1) is 18.3. The number of aryl methyl sites for hydroxylation is 1. The van der Waals surface area contributed by atoms with Crippen molar-refractivity contribution in [2.24, 2.45) is 5.92 Å². The summed E-state index contributed by atoms with van der Waals surface area (Å²) >= 11 is 0. The van der Waals surface area contributed by atoms with E-state index in [0.29, 0.717) is 19.0 Å². The van der Waals surface area contributed by atoms with Gasteiger partial charge >= 0.3 is 5.97 Å². The maximum atomic E-state index is 10.7. The number of methoxy groups -OCH3 is 2. The third-order valence-electron chi connectivity index (χ3n) is 3.43. The molecule has 0 aliphatic rings. The van der Waals surface area contributed by atoms with Gasteiger partial charge in [-0.15, -0.1) is 0 Å². The molecule has 0 aromatic heterocycles. The van der Waals surface area contributed by atoms with Gasteiger partial charge < -0.3 is 19.3 Å². The number of carboxylic acid groups (broad SMARTS) is 1. The lowest BCUT2D eigenvalue weighted by Crippen LogP contribution is -2.06. The lowest BCUT2D eigenvalue weighted by Gasteiger charge is -2.13. The molecule has 1 atom stereocenters. The molecule has 5 nitrogen and oxygen atoms in total. The summed E-state index contributed by atoms with van der Waals surface area (Å²) in [4.78, 5) is 10.7. The van der Waals surface area contributed by atoms with Crippen LogP contribution in [0.4, 0.5) is 0 Å². The van der Waals surface area contributed by atoms with Gasteiger partial charge in [0.25, 0.3) is 0 Å². The number of benzene rings is 1. The van der Waals surface area contributed by atoms with Gasteiger partial charge in [0.15, 0.2) is 11.5 Å². The quantitative estimate of drug-likeness (QED) is 0.636. The van der Waals surface area contributed by atoms with Crippen LogP contribution in [0.3, 0.4) is 0 Å². The molecule has 1 aromatic rings. The Labute approximate surface area is 132 Å². The van der Waals surface area contributed by atoms with E-state index in [9.17, 15) is 4.79 Å². The van der Waals surface area contributed by atoms with Gasteiger partial charge in [-0.25, -0.2) is 0 Å². The standard InChI is InChI=1S/C17H26O5/c1-13(11-17(18)19)5-6-14-7-8-15(21-3)16(12-14)22-10-4-9-20-2/h7-8,12-13H,4-6,9-11H2,1-3H3,(H,18,19). The van der Waals surface area contributed by atoms with Crippen LogP contribution in [0.5, 0.6) is 11.5 Å². The minimum Gasteiger partial charge on any atom is -0.493 e. The molecule has 22 heavy (non-hydrogen) atoms. The second-order valence-corrected chi connectivity index (χ2v) is 5.42. The van der Waals surface area contributed by atoms with E-state index in [1.54, 1.807) is 14.2 Å². The first-order valence-electron chi connectivity index (χ1n) is 7.57. The van der Waals surface area contributed by atoms with Crippen LogP contribution in [-0.4, -0.2) is 38.5 Å². The first-order valence-corrected chi connectivity index (χ1v) is 7.57. The first-order chi connectivity index (χ1) is 10.6. The van der Waals surface area contributed by atoms with E-state index < -0.39 is 5.97 Å². The molecule has 0 aliphatic heterocycles. The predicted octanol–water partition coefficient (Wildman–Crippen LogP) is 3.15. The van der Waals surface area contributed by atoms with Gasteiger partial charge in [0.2, 0.25) is 0 Å². The van der Waals surface area contributed by atoms with Crippen molar-refractivity contribution >= 4 is 5.97 Å². The van der Waals surface area contributed by atoms with Crippen molar-refractivity contribution in [3.8, 4) is 11.5 Å². The molecule has 0 heterocycles. The third kappa shape index (κ3) is 6.80. The van der Waals surface area contributed by atoms with Gasteiger partial charge in [-0.2, -0.15) is 0 Å². The Morgan fingerprint density at radius 3 is 2.64 bits per heavy atom. The molecule has 1 unspecified atom stereocenters. The predicted molar refractivity (Wildman–Crippen MR) is 84.7 cm³/mol. The van der Waals surface area contributed by atoms with Crippen LogP contribution in [0.2, 0.25) is 0 Å². The zero-order valence-corrected chi connectivity index (χ0v) is 13.6. The summed E-state index contributed by atoms with van der Waals surface area (Å²) in [6.45, 7) is 3.19. The molecule has 0 radical (unpaired) electrons. The number of hydrogen-bond donors (Lipinski definition) is 1. The SMILES string of the molecule is COCCCOc1cc(CCC(C)CC(=O)O)ccc1OC. The van der Waals surface area contributed by atoms with E-state index in [-0.39, 0.29) is 12.3 Å². The molecule has 124 valence electrons. The van der Waals surface area contributed by atoms with Gasteiger partial charge in [0.05, 0.1) is 13.7 Å². The zero-order valence-electron chi connectivity index (χ0n) is 13.6. The lowest BCUT2D eigenvalue weighted by atomic mass is 9.98. The molecule has 0 saturated carbocycles. The van der Waals surface area contributed by atoms with Crippen molar-refractivity contribution in [2.75, 3.05) is 27.4 Å². The Morgan fingerprint density at radius 1 is 1.23 bits per heavy atom. The number of carboxylic acids is 1. The highest BCUT2D eigenvalue weighted by Gasteiger charge is 2.10. The molecule has 1 aromatic carbocycles. The number of aliphatic carboxylic acids is 1. The Kier molecular flexibility index (Phi) is 8.36. The second-order valence-electron chi connectivity index (χ2n) is 5.42. The van der Waals surface area contributed by atoms with Crippen molar-refractivity contribution < 1.29 is 24.1 Å². The molecule has 1 rings (SSSR count). The van der Waals surface area contributed by atoms with E-state index in [0.717, 1.165) is 30.6 Å². The molecule has 5 heteroatoms. The van der Waals surface area contributed by atoms with Crippen LogP contribution in [0.25, 0.3) is 0 Å². The minimum atomic E-state index is -0.746. The molecule has 0 aliphatic carbocycles. The minimum absolute atomic E-state index is 0.158. The van der Waals surface area contributed by atoms with Crippen molar-refractivity contribution in [1.82, 2.24) is 0 Å². The van der Waals surface area contributed by atoms with E-state index in [2.05, 4.69) is 0 Å². The highest BCUT2D eigenvalue weighted by molar-refractivity contribution is 5.66. The van der Waals surface area contributed by atoms with Crippen LogP contribution < -0.4 is 9.47 Å². The molecular weight excluding hydrogens is 284 g/mol. The summed E-state index contributed by atoms with van der Waals surface area (Å²) in [6, 6.07) is 5.86. The normalized spacial score (nSPS) is 12.0. The summed E-state index contributed by atoms with van der Waals surface area (Å²) in [5.41, 5.74) is 1.12. The lowest BCUT2D eigenvalue weighted by molar-refractivity contribution is -0.138. The molecule has 0 bridgehead atoms.